The van der Waals surface area contributed by atoms with Crippen molar-refractivity contribution in [2.45, 2.75) is 12.0 Å². The number of furan rings is 1. The Bertz CT molecular complexity index is 2960. The fourth-order valence-corrected chi connectivity index (χ4v) is 8.52. The van der Waals surface area contributed by atoms with E-state index in [2.05, 4.69) is 205 Å². The zero-order chi connectivity index (χ0) is 37.7. The number of rotatable bonds is 7. The molecule has 2 aliphatic rings. The summed E-state index contributed by atoms with van der Waals surface area (Å²) in [4.78, 5) is 2.33. The second-order valence-corrected chi connectivity index (χ2v) is 14.8. The normalized spacial score (nSPS) is 15.4. The molecule has 3 heteroatoms. The van der Waals surface area contributed by atoms with Gasteiger partial charge in [-0.2, -0.15) is 0 Å². The summed E-state index contributed by atoms with van der Waals surface area (Å²) >= 11 is 0. The molecule has 1 aliphatic heterocycles. The maximum absolute atomic E-state index is 6.40. The average molecular weight is 732 g/mol. The van der Waals surface area contributed by atoms with Crippen LogP contribution in [0.1, 0.15) is 11.5 Å². The summed E-state index contributed by atoms with van der Waals surface area (Å²) in [6, 6.07) is 67.2. The van der Waals surface area contributed by atoms with E-state index in [-0.39, 0.29) is 12.0 Å². The van der Waals surface area contributed by atoms with Gasteiger partial charge in [-0.15, -0.1) is 0 Å². The Labute approximate surface area is 332 Å². The second kappa shape index (κ2) is 13.7. The van der Waals surface area contributed by atoms with Gasteiger partial charge in [-0.05, 0) is 93.6 Å². The molecule has 0 N–H and O–H groups in total. The smallest absolute Gasteiger partial charge is 0.143 e. The summed E-state index contributed by atoms with van der Waals surface area (Å²) in [5, 5.41) is 2.27. The highest BCUT2D eigenvalue weighted by Crippen LogP contribution is 2.44. The van der Waals surface area contributed by atoms with Crippen LogP contribution in [0.4, 0.5) is 17.1 Å². The molecule has 0 saturated carbocycles. The predicted octanol–water partition coefficient (Wildman–Crippen LogP) is 14.7. The molecule has 8 aromatic carbocycles. The van der Waals surface area contributed by atoms with Crippen molar-refractivity contribution in [3.63, 3.8) is 0 Å². The van der Waals surface area contributed by atoms with Crippen LogP contribution < -0.4 is 9.64 Å². The van der Waals surface area contributed by atoms with Crippen molar-refractivity contribution in [1.82, 2.24) is 0 Å². The maximum Gasteiger partial charge on any atom is 0.143 e. The van der Waals surface area contributed by atoms with Gasteiger partial charge in [0.05, 0.1) is 0 Å². The third kappa shape index (κ3) is 5.92. The van der Waals surface area contributed by atoms with Crippen LogP contribution in [0.3, 0.4) is 0 Å². The number of para-hydroxylation sites is 2. The molecule has 2 heterocycles. The molecule has 0 radical (unpaired) electrons. The summed E-state index contributed by atoms with van der Waals surface area (Å²) < 4.78 is 12.8. The monoisotopic (exact) mass is 731 g/mol. The van der Waals surface area contributed by atoms with Crippen molar-refractivity contribution in [2.24, 2.45) is 0 Å². The SMILES string of the molecule is C1=CC2Oc3cc(-c4ccc(N(c5ccc(-c6ccc(-c7ccccc7)cc6)cc5)c5ccc(-c6cccc7c6oc6ccccc67)cc5)cc4)ccc3C2C=C1. The van der Waals surface area contributed by atoms with Crippen molar-refractivity contribution in [2.75, 3.05) is 4.90 Å². The molecule has 2 unspecified atom stereocenters. The van der Waals surface area contributed by atoms with E-state index in [4.69, 9.17) is 9.15 Å². The minimum Gasteiger partial charge on any atom is -0.485 e. The molecule has 0 saturated heterocycles. The van der Waals surface area contributed by atoms with Crippen molar-refractivity contribution >= 4 is 39.0 Å². The molecule has 1 aliphatic carbocycles. The van der Waals surface area contributed by atoms with E-state index in [0.717, 1.165) is 67.0 Å². The molecule has 11 rings (SSSR count). The van der Waals surface area contributed by atoms with Crippen molar-refractivity contribution < 1.29 is 9.15 Å². The first-order valence-corrected chi connectivity index (χ1v) is 19.6. The van der Waals surface area contributed by atoms with Crippen LogP contribution in [0, 0.1) is 0 Å². The molecule has 270 valence electrons. The first kappa shape index (κ1) is 33.0. The molecule has 3 nitrogen and oxygen atoms in total. The highest BCUT2D eigenvalue weighted by Gasteiger charge is 2.32. The van der Waals surface area contributed by atoms with Gasteiger partial charge in [-0.3, -0.25) is 0 Å². The molecule has 0 spiro atoms. The van der Waals surface area contributed by atoms with Crippen LogP contribution in [0.15, 0.2) is 217 Å². The van der Waals surface area contributed by atoms with Crippen LogP contribution in [0.5, 0.6) is 5.75 Å². The van der Waals surface area contributed by atoms with Gasteiger partial charge in [0, 0.05) is 44.9 Å². The molecule has 0 bridgehead atoms. The van der Waals surface area contributed by atoms with Gasteiger partial charge in [0.2, 0.25) is 0 Å². The lowest BCUT2D eigenvalue weighted by molar-refractivity contribution is 0.269. The number of hydrogen-bond donors (Lipinski definition) is 0. The van der Waals surface area contributed by atoms with Crippen molar-refractivity contribution in [3.05, 3.63) is 218 Å². The van der Waals surface area contributed by atoms with Gasteiger partial charge >= 0.3 is 0 Å². The minimum atomic E-state index is 0.0780. The summed E-state index contributed by atoms with van der Waals surface area (Å²) in [6.45, 7) is 0. The Morgan fingerprint density at radius 1 is 0.404 bits per heavy atom. The van der Waals surface area contributed by atoms with Gasteiger partial charge in [0.25, 0.3) is 0 Å². The number of nitrogens with zero attached hydrogens (tertiary/aromatic N) is 1. The number of fused-ring (bicyclic) bond motifs is 6. The third-order valence-corrected chi connectivity index (χ3v) is 11.5. The van der Waals surface area contributed by atoms with E-state index in [9.17, 15) is 0 Å². The number of benzene rings is 8. The van der Waals surface area contributed by atoms with Gasteiger partial charge in [0.1, 0.15) is 23.0 Å². The van der Waals surface area contributed by atoms with Crippen LogP contribution in [0.25, 0.3) is 66.4 Å². The molecule has 2 atom stereocenters. The lowest BCUT2D eigenvalue weighted by Gasteiger charge is -2.26. The Kier molecular flexibility index (Phi) is 7.96. The fraction of sp³-hybridized carbons (Fsp3) is 0.0370. The Morgan fingerprint density at radius 3 is 1.61 bits per heavy atom. The van der Waals surface area contributed by atoms with E-state index in [1.54, 1.807) is 0 Å². The topological polar surface area (TPSA) is 25.6 Å². The quantitative estimate of drug-likeness (QED) is 0.163. The molecule has 0 amide bonds. The summed E-state index contributed by atoms with van der Waals surface area (Å²) in [5.41, 5.74) is 15.6. The largest absolute Gasteiger partial charge is 0.485 e. The Balaban J connectivity index is 0.940. The van der Waals surface area contributed by atoms with Crippen LogP contribution in [0.2, 0.25) is 0 Å². The molecule has 9 aromatic rings. The predicted molar refractivity (Wildman–Crippen MR) is 236 cm³/mol. The number of anilines is 3. The standard InChI is InChI=1S/C54H37NO2/c1-2-9-36(10-3-1)37-17-19-38(20-18-37)39-21-28-43(29-22-39)55(44-30-23-40(24-31-44)42-27-34-49-47-11-4-6-15-51(47)56-53(49)35-42)45-32-25-41(26-33-45)46-13-8-14-50-48-12-5-7-16-52(48)57-54(46)50/h1-35,47,51H. The van der Waals surface area contributed by atoms with Crippen LogP contribution >= 0.6 is 0 Å². The van der Waals surface area contributed by atoms with E-state index in [0.29, 0.717) is 0 Å². The minimum absolute atomic E-state index is 0.0780. The first-order chi connectivity index (χ1) is 28.2. The van der Waals surface area contributed by atoms with Gasteiger partial charge < -0.3 is 14.1 Å². The Hall–Kier alpha value is -7.36. The van der Waals surface area contributed by atoms with Crippen molar-refractivity contribution in [3.8, 4) is 50.3 Å². The summed E-state index contributed by atoms with van der Waals surface area (Å²) in [5.74, 6) is 1.26. The van der Waals surface area contributed by atoms with Gasteiger partial charge in [-0.1, -0.05) is 158 Å². The van der Waals surface area contributed by atoms with Crippen LogP contribution in [-0.2, 0) is 0 Å². The van der Waals surface area contributed by atoms with E-state index >= 15 is 0 Å². The maximum atomic E-state index is 6.40. The van der Waals surface area contributed by atoms with E-state index in [1.807, 2.05) is 12.1 Å². The zero-order valence-electron chi connectivity index (χ0n) is 31.1. The molecule has 1 aromatic heterocycles. The van der Waals surface area contributed by atoms with E-state index < -0.39 is 0 Å². The number of ether oxygens (including phenoxy) is 1. The van der Waals surface area contributed by atoms with Gasteiger partial charge in [0.15, 0.2) is 0 Å². The molecular formula is C54H37NO2. The molecular weight excluding hydrogens is 695 g/mol. The second-order valence-electron chi connectivity index (χ2n) is 14.8. The van der Waals surface area contributed by atoms with Crippen molar-refractivity contribution in [1.29, 1.82) is 0 Å². The highest BCUT2D eigenvalue weighted by atomic mass is 16.5. The lowest BCUT2D eigenvalue weighted by atomic mass is 9.91. The number of allylic oxidation sites excluding steroid dienone is 2. The Morgan fingerprint density at radius 2 is 0.930 bits per heavy atom. The first-order valence-electron chi connectivity index (χ1n) is 19.6. The average Bonchev–Trinajstić information content (AvgIpc) is 3.86. The van der Waals surface area contributed by atoms with E-state index in [1.165, 1.54) is 27.8 Å². The van der Waals surface area contributed by atoms with Crippen LogP contribution in [-0.4, -0.2) is 6.10 Å². The van der Waals surface area contributed by atoms with Gasteiger partial charge in [-0.25, -0.2) is 0 Å². The summed E-state index contributed by atoms with van der Waals surface area (Å²) in [6.07, 6.45) is 8.65. The number of hydrogen-bond acceptors (Lipinski definition) is 3. The fourth-order valence-electron chi connectivity index (χ4n) is 8.52. The molecule has 57 heavy (non-hydrogen) atoms. The lowest BCUT2D eigenvalue weighted by Crippen LogP contribution is -2.15. The summed E-state index contributed by atoms with van der Waals surface area (Å²) in [7, 11) is 0. The zero-order valence-corrected chi connectivity index (χ0v) is 31.1. The third-order valence-electron chi connectivity index (χ3n) is 11.5. The highest BCUT2D eigenvalue weighted by molar-refractivity contribution is 6.09. The molecule has 0 fully saturated rings.